The van der Waals surface area contributed by atoms with Crippen LogP contribution >= 0.6 is 23.1 Å². The van der Waals surface area contributed by atoms with Crippen molar-refractivity contribution < 1.29 is 12.9 Å². The number of nitrogens with zero attached hydrogens (tertiary/aromatic N) is 5. The van der Waals surface area contributed by atoms with Crippen LogP contribution in [0, 0.1) is 0 Å². The van der Waals surface area contributed by atoms with Crippen LogP contribution in [0.1, 0.15) is 25.6 Å². The van der Waals surface area contributed by atoms with E-state index in [1.807, 2.05) is 23.6 Å². The molecule has 164 valence electrons. The molecule has 0 saturated carbocycles. The highest BCUT2D eigenvalue weighted by Gasteiger charge is 2.20. The molecule has 0 aliphatic rings. The quantitative estimate of drug-likeness (QED) is 0.328. The summed E-state index contributed by atoms with van der Waals surface area (Å²) in [6.45, 7) is 2.95. The lowest BCUT2D eigenvalue weighted by Gasteiger charge is -2.11. The van der Waals surface area contributed by atoms with Crippen molar-refractivity contribution in [3.8, 4) is 10.8 Å². The number of sulfonamides is 1. The van der Waals surface area contributed by atoms with Gasteiger partial charge in [-0.15, -0.1) is 11.3 Å². The molecule has 0 atom stereocenters. The van der Waals surface area contributed by atoms with Crippen molar-refractivity contribution in [2.45, 2.75) is 42.1 Å². The number of unbranched alkanes of at least 4 members (excludes halogenated alkanes) is 1. The summed E-state index contributed by atoms with van der Waals surface area (Å²) in [5.74, 6) is 1.62. The molecule has 1 aromatic carbocycles. The van der Waals surface area contributed by atoms with Gasteiger partial charge in [0.1, 0.15) is 0 Å². The Kier molecular flexibility index (Phi) is 6.47. The Morgan fingerprint density at radius 2 is 2.06 bits per heavy atom. The summed E-state index contributed by atoms with van der Waals surface area (Å²) in [4.78, 5) is 10.4. The minimum Gasteiger partial charge on any atom is -0.333 e. The molecule has 8 nitrogen and oxygen atoms in total. The molecule has 3 aromatic heterocycles. The maximum atomic E-state index is 12.5. The maximum Gasteiger partial charge on any atom is 0.268 e. The maximum absolute atomic E-state index is 12.5. The van der Waals surface area contributed by atoms with E-state index in [0.717, 1.165) is 34.9 Å². The average Bonchev–Trinajstić information content (AvgIpc) is 3.49. The van der Waals surface area contributed by atoms with Crippen LogP contribution < -0.4 is 0 Å². The van der Waals surface area contributed by atoms with Gasteiger partial charge in [0.2, 0.25) is 10.0 Å². The van der Waals surface area contributed by atoms with Gasteiger partial charge in [-0.2, -0.15) is 4.98 Å². The number of thioether (sulfide) groups is 1. The van der Waals surface area contributed by atoms with Crippen molar-refractivity contribution in [1.29, 1.82) is 0 Å². The molecule has 0 unspecified atom stereocenters. The molecule has 4 rings (SSSR count). The summed E-state index contributed by atoms with van der Waals surface area (Å²) in [5, 5.41) is 6.85. The fourth-order valence-electron chi connectivity index (χ4n) is 3.04. The second kappa shape index (κ2) is 9.11. The molecule has 11 heteroatoms. The third kappa shape index (κ3) is 4.54. The summed E-state index contributed by atoms with van der Waals surface area (Å²) in [6.07, 6.45) is 2.05. The molecule has 0 radical (unpaired) electrons. The number of aryl methyl sites for hydroxylation is 1. The Balaban J connectivity index is 1.62. The predicted molar refractivity (Wildman–Crippen MR) is 123 cm³/mol. The zero-order chi connectivity index (χ0) is 22.0. The first kappa shape index (κ1) is 22.0. The summed E-state index contributed by atoms with van der Waals surface area (Å²) in [7, 11) is -0.469. The van der Waals surface area contributed by atoms with E-state index in [-0.39, 0.29) is 4.90 Å². The molecule has 3 heterocycles. The van der Waals surface area contributed by atoms with Crippen molar-refractivity contribution in [1.82, 2.24) is 24.0 Å². The van der Waals surface area contributed by atoms with Crippen molar-refractivity contribution in [3.63, 3.8) is 0 Å². The van der Waals surface area contributed by atoms with Gasteiger partial charge in [0.25, 0.3) is 5.89 Å². The summed E-state index contributed by atoms with van der Waals surface area (Å²) in [5.41, 5.74) is 1.58. The first-order chi connectivity index (χ1) is 14.9. The Hall–Kier alpha value is -2.21. The number of imidazole rings is 1. The number of aromatic nitrogens is 4. The van der Waals surface area contributed by atoms with Crippen LogP contribution in [0.15, 0.2) is 50.3 Å². The molecule has 4 aromatic rings. The highest BCUT2D eigenvalue weighted by molar-refractivity contribution is 7.98. The van der Waals surface area contributed by atoms with Crippen LogP contribution in [0.3, 0.4) is 0 Å². The number of hydrogen-bond donors (Lipinski definition) is 0. The molecule has 0 N–H and O–H groups in total. The van der Waals surface area contributed by atoms with E-state index in [0.29, 0.717) is 23.0 Å². The first-order valence-electron chi connectivity index (χ1n) is 9.82. The molecule has 0 saturated heterocycles. The number of rotatable bonds is 9. The van der Waals surface area contributed by atoms with Crippen LogP contribution in [0.2, 0.25) is 0 Å². The smallest absolute Gasteiger partial charge is 0.268 e. The van der Waals surface area contributed by atoms with Crippen LogP contribution in [0.5, 0.6) is 0 Å². The highest BCUT2D eigenvalue weighted by Crippen LogP contribution is 2.30. The number of thiophene rings is 1. The van der Waals surface area contributed by atoms with Gasteiger partial charge in [-0.05, 0) is 36.1 Å². The van der Waals surface area contributed by atoms with Gasteiger partial charge < -0.3 is 9.09 Å². The highest BCUT2D eigenvalue weighted by atomic mass is 32.2. The van der Waals surface area contributed by atoms with Crippen LogP contribution in [-0.4, -0.2) is 46.5 Å². The fourth-order valence-corrected chi connectivity index (χ4v) is 5.49. The van der Waals surface area contributed by atoms with Gasteiger partial charge in [-0.25, -0.2) is 17.7 Å². The van der Waals surface area contributed by atoms with E-state index in [4.69, 9.17) is 9.51 Å². The predicted octanol–water partition coefficient (Wildman–Crippen LogP) is 4.49. The van der Waals surface area contributed by atoms with Crippen LogP contribution in [-0.2, 0) is 22.3 Å². The van der Waals surface area contributed by atoms with Gasteiger partial charge in [0.05, 0.1) is 26.6 Å². The van der Waals surface area contributed by atoms with Crippen molar-refractivity contribution in [2.24, 2.45) is 0 Å². The molecular formula is C20H23N5O3S3. The van der Waals surface area contributed by atoms with E-state index >= 15 is 0 Å². The van der Waals surface area contributed by atoms with Crippen molar-refractivity contribution in [2.75, 3.05) is 14.1 Å². The molecule has 0 fully saturated rings. The lowest BCUT2D eigenvalue weighted by molar-refractivity contribution is 0.426. The first-order valence-corrected chi connectivity index (χ1v) is 13.1. The molecule has 0 spiro atoms. The Morgan fingerprint density at radius 1 is 1.23 bits per heavy atom. The van der Waals surface area contributed by atoms with E-state index in [1.54, 1.807) is 23.5 Å². The van der Waals surface area contributed by atoms with Gasteiger partial charge in [-0.1, -0.05) is 36.3 Å². The fraction of sp³-hybridized carbons (Fsp3) is 0.350. The largest absolute Gasteiger partial charge is 0.333 e. The molecule has 0 bridgehead atoms. The average molecular weight is 478 g/mol. The van der Waals surface area contributed by atoms with Crippen molar-refractivity contribution in [3.05, 3.63) is 41.5 Å². The van der Waals surface area contributed by atoms with Crippen molar-refractivity contribution >= 4 is 44.2 Å². The van der Waals surface area contributed by atoms with Crippen LogP contribution in [0.25, 0.3) is 21.8 Å². The van der Waals surface area contributed by atoms with Gasteiger partial charge in [0.15, 0.2) is 11.0 Å². The summed E-state index contributed by atoms with van der Waals surface area (Å²) in [6, 6.07) is 9.00. The third-order valence-corrected chi connectivity index (χ3v) is 8.37. The molecule has 0 amide bonds. The van der Waals surface area contributed by atoms with E-state index in [1.165, 1.54) is 30.2 Å². The minimum absolute atomic E-state index is 0.237. The Labute approximate surface area is 189 Å². The van der Waals surface area contributed by atoms with E-state index < -0.39 is 10.0 Å². The number of benzene rings is 1. The summed E-state index contributed by atoms with van der Waals surface area (Å²) >= 11 is 3.07. The van der Waals surface area contributed by atoms with E-state index in [2.05, 4.69) is 21.6 Å². The lowest BCUT2D eigenvalue weighted by Crippen LogP contribution is -2.22. The SMILES string of the molecule is CCCCn1c(SCc2noc(-c3cccs3)n2)nc2cc(S(=O)(=O)N(C)C)ccc21. The standard InChI is InChI=1S/C20H23N5O3S3/c1-4-5-10-25-16-9-8-14(31(26,27)24(2)3)12-15(16)21-20(25)30-13-18-22-19(28-23-18)17-7-6-11-29-17/h6-9,11-12H,4-5,10,13H2,1-3H3. The van der Waals surface area contributed by atoms with Crippen LogP contribution in [0.4, 0.5) is 0 Å². The second-order valence-corrected chi connectivity index (χ2v) is 11.2. The number of hydrogen-bond acceptors (Lipinski definition) is 8. The molecular weight excluding hydrogens is 454 g/mol. The molecule has 0 aliphatic heterocycles. The third-order valence-electron chi connectivity index (χ3n) is 4.73. The van der Waals surface area contributed by atoms with Gasteiger partial charge in [0, 0.05) is 20.6 Å². The normalized spacial score (nSPS) is 12.3. The lowest BCUT2D eigenvalue weighted by atomic mass is 10.3. The van der Waals surface area contributed by atoms with Gasteiger partial charge in [-0.3, -0.25) is 0 Å². The second-order valence-electron chi connectivity index (χ2n) is 7.12. The molecule has 0 aliphatic carbocycles. The topological polar surface area (TPSA) is 94.1 Å². The monoisotopic (exact) mass is 477 g/mol. The minimum atomic E-state index is -3.52. The number of fused-ring (bicyclic) bond motifs is 1. The molecule has 31 heavy (non-hydrogen) atoms. The van der Waals surface area contributed by atoms with Gasteiger partial charge >= 0.3 is 0 Å². The summed E-state index contributed by atoms with van der Waals surface area (Å²) < 4.78 is 33.7. The van der Waals surface area contributed by atoms with E-state index in [9.17, 15) is 8.42 Å². The zero-order valence-corrected chi connectivity index (χ0v) is 19.9. The Morgan fingerprint density at radius 3 is 2.77 bits per heavy atom. The zero-order valence-electron chi connectivity index (χ0n) is 17.5. The Bertz CT molecular complexity index is 1280.